The number of fused-ring (bicyclic) bond motifs is 1. The molecule has 1 amide bonds. The molecule has 0 unspecified atom stereocenters. The highest BCUT2D eigenvalue weighted by Crippen LogP contribution is 2.26. The Labute approximate surface area is 136 Å². The molecule has 0 fully saturated rings. The number of aromatic nitrogens is 2. The molecule has 1 N–H and O–H groups in total. The van der Waals surface area contributed by atoms with E-state index in [1.54, 1.807) is 24.5 Å². The summed E-state index contributed by atoms with van der Waals surface area (Å²) in [6.45, 7) is 4.07. The second kappa shape index (κ2) is 6.06. The standard InChI is InChI=1S/C15H14ClN3O2S/c1-8(2)14-18-19-15(22-14)17-13(20)5-9-7-21-12-4-3-10(16)6-11(9)12/h3-4,6-8H,5H2,1-2H3,(H,17,19,20). The molecule has 0 aliphatic heterocycles. The van der Waals surface area contributed by atoms with Crippen LogP contribution in [-0.2, 0) is 11.2 Å². The van der Waals surface area contributed by atoms with Crippen LogP contribution in [0.1, 0.15) is 30.3 Å². The normalized spacial score (nSPS) is 11.3. The first-order valence-corrected chi connectivity index (χ1v) is 8.01. The van der Waals surface area contributed by atoms with Crippen molar-refractivity contribution in [1.82, 2.24) is 10.2 Å². The number of hydrogen-bond acceptors (Lipinski definition) is 5. The highest BCUT2D eigenvalue weighted by Gasteiger charge is 2.14. The van der Waals surface area contributed by atoms with Crippen molar-refractivity contribution in [1.29, 1.82) is 0 Å². The number of furan rings is 1. The second-order valence-corrected chi connectivity index (χ2v) is 6.67. The Kier molecular flexibility index (Phi) is 4.13. The van der Waals surface area contributed by atoms with Crippen molar-refractivity contribution in [3.8, 4) is 0 Å². The molecule has 0 saturated heterocycles. The summed E-state index contributed by atoms with van der Waals surface area (Å²) < 4.78 is 5.43. The Morgan fingerprint density at radius 3 is 2.95 bits per heavy atom. The Morgan fingerprint density at radius 2 is 2.23 bits per heavy atom. The van der Waals surface area contributed by atoms with Gasteiger partial charge in [-0.25, -0.2) is 0 Å². The SMILES string of the molecule is CC(C)c1nnc(NC(=O)Cc2coc3ccc(Cl)cc23)s1. The number of nitrogens with zero attached hydrogens (tertiary/aromatic N) is 2. The summed E-state index contributed by atoms with van der Waals surface area (Å²) >= 11 is 7.38. The fourth-order valence-electron chi connectivity index (χ4n) is 2.05. The molecule has 0 bridgehead atoms. The van der Waals surface area contributed by atoms with Crippen LogP contribution in [0.5, 0.6) is 0 Å². The molecular formula is C15H14ClN3O2S. The quantitative estimate of drug-likeness (QED) is 0.774. The van der Waals surface area contributed by atoms with Gasteiger partial charge in [0, 0.05) is 21.9 Å². The molecule has 0 atom stereocenters. The Bertz CT molecular complexity index is 825. The number of rotatable bonds is 4. The lowest BCUT2D eigenvalue weighted by atomic mass is 10.1. The number of benzene rings is 1. The maximum atomic E-state index is 12.1. The summed E-state index contributed by atoms with van der Waals surface area (Å²) in [5.74, 6) is 0.136. The van der Waals surface area contributed by atoms with Crippen LogP contribution in [0.25, 0.3) is 11.0 Å². The lowest BCUT2D eigenvalue weighted by Gasteiger charge is -2.00. The van der Waals surface area contributed by atoms with Gasteiger partial charge in [0.1, 0.15) is 10.6 Å². The minimum atomic E-state index is -0.158. The van der Waals surface area contributed by atoms with Gasteiger partial charge in [0.15, 0.2) is 0 Å². The summed E-state index contributed by atoms with van der Waals surface area (Å²) in [6, 6.07) is 5.34. The van der Waals surface area contributed by atoms with Crippen molar-refractivity contribution >= 4 is 44.9 Å². The molecule has 22 heavy (non-hydrogen) atoms. The molecule has 2 heterocycles. The maximum absolute atomic E-state index is 12.1. The van der Waals surface area contributed by atoms with Gasteiger partial charge in [-0.1, -0.05) is 36.8 Å². The predicted octanol–water partition coefficient (Wildman–Crippen LogP) is 4.24. The molecule has 0 spiro atoms. The van der Waals surface area contributed by atoms with Crippen LogP contribution in [0.4, 0.5) is 5.13 Å². The highest BCUT2D eigenvalue weighted by atomic mass is 35.5. The number of nitrogens with one attached hydrogen (secondary N) is 1. The van der Waals surface area contributed by atoms with Gasteiger partial charge in [-0.2, -0.15) is 0 Å². The first kappa shape index (κ1) is 15.0. The minimum Gasteiger partial charge on any atom is -0.464 e. The molecule has 2 aromatic heterocycles. The monoisotopic (exact) mass is 335 g/mol. The summed E-state index contributed by atoms with van der Waals surface area (Å²) in [6.07, 6.45) is 1.78. The number of amides is 1. The molecule has 3 aromatic rings. The molecule has 0 aliphatic carbocycles. The van der Waals surface area contributed by atoms with Crippen LogP contribution < -0.4 is 5.32 Å². The highest BCUT2D eigenvalue weighted by molar-refractivity contribution is 7.15. The third-order valence-electron chi connectivity index (χ3n) is 3.15. The van der Waals surface area contributed by atoms with Crippen LogP contribution in [0.2, 0.25) is 5.02 Å². The molecule has 114 valence electrons. The molecule has 1 aromatic carbocycles. The van der Waals surface area contributed by atoms with E-state index in [4.69, 9.17) is 16.0 Å². The number of carbonyl (C=O) groups excluding carboxylic acids is 1. The third kappa shape index (κ3) is 3.13. The summed E-state index contributed by atoms with van der Waals surface area (Å²) in [7, 11) is 0. The molecule has 7 heteroatoms. The Balaban J connectivity index is 1.74. The van der Waals surface area contributed by atoms with Crippen LogP contribution in [-0.4, -0.2) is 16.1 Å². The molecule has 3 rings (SSSR count). The molecule has 0 aliphatic rings. The molecule has 0 saturated carbocycles. The summed E-state index contributed by atoms with van der Waals surface area (Å²) in [5.41, 5.74) is 1.51. The zero-order valence-electron chi connectivity index (χ0n) is 12.1. The fourth-order valence-corrected chi connectivity index (χ4v) is 2.98. The molecule has 0 radical (unpaired) electrons. The lowest BCUT2D eigenvalue weighted by molar-refractivity contribution is -0.115. The second-order valence-electron chi connectivity index (χ2n) is 5.23. The minimum absolute atomic E-state index is 0.158. The average molecular weight is 336 g/mol. The van der Waals surface area contributed by atoms with Crippen LogP contribution in [0.3, 0.4) is 0 Å². The van der Waals surface area contributed by atoms with Crippen LogP contribution in [0, 0.1) is 0 Å². The van der Waals surface area contributed by atoms with Gasteiger partial charge in [-0.3, -0.25) is 4.79 Å². The van der Waals surface area contributed by atoms with E-state index >= 15 is 0 Å². The number of hydrogen-bond donors (Lipinski definition) is 1. The predicted molar refractivity (Wildman–Crippen MR) is 87.6 cm³/mol. The van der Waals surface area contributed by atoms with E-state index in [-0.39, 0.29) is 12.3 Å². The fraction of sp³-hybridized carbons (Fsp3) is 0.267. The zero-order chi connectivity index (χ0) is 15.7. The van der Waals surface area contributed by atoms with Crippen molar-refractivity contribution in [2.75, 3.05) is 5.32 Å². The van der Waals surface area contributed by atoms with Crippen LogP contribution >= 0.6 is 22.9 Å². The topological polar surface area (TPSA) is 68.0 Å². The van der Waals surface area contributed by atoms with E-state index in [9.17, 15) is 4.79 Å². The first-order chi connectivity index (χ1) is 10.5. The number of carbonyl (C=O) groups is 1. The van der Waals surface area contributed by atoms with Crippen LogP contribution in [0.15, 0.2) is 28.9 Å². The van der Waals surface area contributed by atoms with Crippen molar-refractivity contribution in [3.05, 3.63) is 40.1 Å². The van der Waals surface area contributed by atoms with Gasteiger partial charge in [0.05, 0.1) is 12.7 Å². The number of halogens is 1. The van der Waals surface area contributed by atoms with Gasteiger partial charge in [-0.05, 0) is 18.2 Å². The Hall–Kier alpha value is -1.92. The third-order valence-corrected chi connectivity index (χ3v) is 4.52. The average Bonchev–Trinajstić information content (AvgIpc) is 3.07. The van der Waals surface area contributed by atoms with E-state index in [1.807, 2.05) is 13.8 Å². The van der Waals surface area contributed by atoms with E-state index in [2.05, 4.69) is 15.5 Å². The van der Waals surface area contributed by atoms with Gasteiger partial charge in [0.2, 0.25) is 11.0 Å². The van der Waals surface area contributed by atoms with E-state index < -0.39 is 0 Å². The number of anilines is 1. The summed E-state index contributed by atoms with van der Waals surface area (Å²) in [4.78, 5) is 12.1. The van der Waals surface area contributed by atoms with Crippen molar-refractivity contribution < 1.29 is 9.21 Å². The van der Waals surface area contributed by atoms with E-state index in [1.165, 1.54) is 11.3 Å². The van der Waals surface area contributed by atoms with Gasteiger partial charge in [-0.15, -0.1) is 10.2 Å². The molecule has 5 nitrogen and oxygen atoms in total. The lowest BCUT2D eigenvalue weighted by Crippen LogP contribution is -2.13. The van der Waals surface area contributed by atoms with Crippen molar-refractivity contribution in [2.24, 2.45) is 0 Å². The van der Waals surface area contributed by atoms with Crippen molar-refractivity contribution in [3.63, 3.8) is 0 Å². The van der Waals surface area contributed by atoms with Crippen molar-refractivity contribution in [2.45, 2.75) is 26.2 Å². The smallest absolute Gasteiger partial charge is 0.230 e. The molecular weight excluding hydrogens is 322 g/mol. The van der Waals surface area contributed by atoms with Gasteiger partial charge in [0.25, 0.3) is 0 Å². The van der Waals surface area contributed by atoms with Gasteiger partial charge >= 0.3 is 0 Å². The largest absolute Gasteiger partial charge is 0.464 e. The van der Waals surface area contributed by atoms with Gasteiger partial charge < -0.3 is 9.73 Å². The zero-order valence-corrected chi connectivity index (χ0v) is 13.7. The first-order valence-electron chi connectivity index (χ1n) is 6.82. The summed E-state index contributed by atoms with van der Waals surface area (Å²) in [5, 5.41) is 13.7. The Morgan fingerprint density at radius 1 is 1.41 bits per heavy atom. The maximum Gasteiger partial charge on any atom is 0.230 e. The van der Waals surface area contributed by atoms with E-state index in [0.29, 0.717) is 21.7 Å². The van der Waals surface area contributed by atoms with E-state index in [0.717, 1.165) is 16.0 Å².